The van der Waals surface area contributed by atoms with Gasteiger partial charge in [-0.2, -0.15) is 4.39 Å². The molecule has 0 saturated heterocycles. The Balaban J connectivity index is 1.53. The van der Waals surface area contributed by atoms with Crippen LogP contribution < -0.4 is 19.5 Å². The van der Waals surface area contributed by atoms with Crippen LogP contribution in [0.15, 0.2) is 63.9 Å². The molecule has 0 saturated carbocycles. The highest BCUT2D eigenvalue weighted by Gasteiger charge is 2.25. The van der Waals surface area contributed by atoms with Crippen LogP contribution in [-0.4, -0.2) is 56.5 Å². The number of amides is 2. The summed E-state index contributed by atoms with van der Waals surface area (Å²) in [5.74, 6) is -0.178. The molecule has 0 spiro atoms. The number of nitrogens with zero attached hydrogens (tertiary/aromatic N) is 4. The molecule has 0 unspecified atom stereocenters. The maximum Gasteiger partial charge on any atom is 0.442 e. The average molecular weight is 650 g/mol. The first-order chi connectivity index (χ1) is 21.7. The van der Waals surface area contributed by atoms with Crippen molar-refractivity contribution in [2.45, 2.75) is 45.1 Å². The van der Waals surface area contributed by atoms with Crippen molar-refractivity contribution in [1.29, 1.82) is 0 Å². The first-order valence-electron chi connectivity index (χ1n) is 14.1. The van der Waals surface area contributed by atoms with Crippen molar-refractivity contribution < 1.29 is 37.1 Å². The molecule has 46 heavy (non-hydrogen) atoms. The predicted octanol–water partition coefficient (Wildman–Crippen LogP) is 6.50. The fourth-order valence-corrected chi connectivity index (χ4v) is 5.62. The summed E-state index contributed by atoms with van der Waals surface area (Å²) in [5, 5.41) is 11.4. The number of hydrogen-bond acceptors (Lipinski definition) is 10. The zero-order valence-electron chi connectivity index (χ0n) is 26.0. The number of anilines is 1. The second kappa shape index (κ2) is 12.7. The van der Waals surface area contributed by atoms with Crippen LogP contribution in [0.3, 0.4) is 0 Å². The minimum Gasteiger partial charge on any atom is -0.486 e. The van der Waals surface area contributed by atoms with E-state index in [0.29, 0.717) is 41.5 Å². The number of hydrogen-bond donors (Lipinski definition) is 1. The first kappa shape index (κ1) is 32.3. The highest BCUT2D eigenvalue weighted by Crippen LogP contribution is 2.37. The normalized spacial score (nSPS) is 13.7. The van der Waals surface area contributed by atoms with Gasteiger partial charge in [0.15, 0.2) is 17.2 Å². The summed E-state index contributed by atoms with van der Waals surface area (Å²) in [4.78, 5) is 30.2. The molecule has 0 bridgehead atoms. The molecule has 14 heteroatoms. The molecular formula is C32H32FN5O7S. The van der Waals surface area contributed by atoms with E-state index in [1.807, 2.05) is 0 Å². The molecule has 2 amide bonds. The van der Waals surface area contributed by atoms with Crippen molar-refractivity contribution in [2.24, 2.45) is 4.36 Å². The second-order valence-corrected chi connectivity index (χ2v) is 13.6. The molecule has 12 nitrogen and oxygen atoms in total. The fourth-order valence-electron chi connectivity index (χ4n) is 4.51. The van der Waals surface area contributed by atoms with E-state index in [-0.39, 0.29) is 33.5 Å². The van der Waals surface area contributed by atoms with Gasteiger partial charge < -0.3 is 24.3 Å². The van der Waals surface area contributed by atoms with Gasteiger partial charge in [0.25, 0.3) is 11.8 Å². The van der Waals surface area contributed by atoms with E-state index in [1.54, 1.807) is 65.0 Å². The van der Waals surface area contributed by atoms with E-state index in [1.165, 1.54) is 24.5 Å². The van der Waals surface area contributed by atoms with Crippen molar-refractivity contribution in [3.05, 3.63) is 77.4 Å². The monoisotopic (exact) mass is 649 g/mol. The third-order valence-corrected chi connectivity index (χ3v) is 8.24. The molecule has 240 valence electrons. The SMILES string of the molecule is Cc1nc(F)ccc1Oc1nnc(-c2ccc3c(c2)OCCO3)c(C)c1C(=O)Nc1cccc([S@@](C)(=O)=NC(=O)OC(C)(C)C)c1. The molecule has 1 N–H and O–H groups in total. The standard InChI is InChI=1S/C32H32FN5O7S/c1-18-27(29(39)35-21-8-7-9-22(17-21)46(6,41)38-31(40)45-32(3,4)5)30(44-23-12-13-26(33)34-19(23)2)37-36-28(18)20-10-11-24-25(16-20)43-15-14-42-24/h7-13,16-17H,14-15H2,1-6H3,(H,35,39)/t46-/m1/s1. The molecule has 0 fully saturated rings. The second-order valence-electron chi connectivity index (χ2n) is 11.4. The van der Waals surface area contributed by atoms with E-state index >= 15 is 0 Å². The van der Waals surface area contributed by atoms with Crippen LogP contribution in [0.5, 0.6) is 23.1 Å². The first-order valence-corrected chi connectivity index (χ1v) is 16.1. The molecule has 2 aromatic heterocycles. The Morgan fingerprint density at radius 2 is 1.74 bits per heavy atom. The summed E-state index contributed by atoms with van der Waals surface area (Å²) in [7, 11) is -3.23. The van der Waals surface area contributed by atoms with Crippen LogP contribution in [0.4, 0.5) is 14.9 Å². The van der Waals surface area contributed by atoms with Crippen molar-refractivity contribution >= 4 is 27.4 Å². The van der Waals surface area contributed by atoms with Crippen LogP contribution in [-0.2, 0) is 14.5 Å². The maximum absolute atomic E-state index is 13.9. The molecule has 2 aromatic carbocycles. The van der Waals surface area contributed by atoms with E-state index in [4.69, 9.17) is 18.9 Å². The average Bonchev–Trinajstić information content (AvgIpc) is 2.97. The van der Waals surface area contributed by atoms with Gasteiger partial charge in [-0.05, 0) is 88.7 Å². The molecule has 1 atom stereocenters. The lowest BCUT2D eigenvalue weighted by Crippen LogP contribution is -2.22. The molecule has 1 aliphatic rings. The number of aromatic nitrogens is 3. The summed E-state index contributed by atoms with van der Waals surface area (Å²) < 4.78 is 53.3. The Bertz CT molecular complexity index is 1970. The lowest BCUT2D eigenvalue weighted by molar-refractivity contribution is 0.0607. The quantitative estimate of drug-likeness (QED) is 0.229. The third kappa shape index (κ3) is 7.40. The number of halogens is 1. The number of fused-ring (bicyclic) bond motifs is 1. The molecule has 4 aromatic rings. The van der Waals surface area contributed by atoms with Crippen LogP contribution in [0, 0.1) is 19.8 Å². The molecule has 0 radical (unpaired) electrons. The lowest BCUT2D eigenvalue weighted by atomic mass is 10.0. The molecule has 0 aliphatic carbocycles. The number of carbonyl (C=O) groups excluding carboxylic acids is 2. The van der Waals surface area contributed by atoms with E-state index in [2.05, 4.69) is 24.9 Å². The van der Waals surface area contributed by atoms with Crippen LogP contribution in [0.25, 0.3) is 11.3 Å². The Labute approximate surface area is 265 Å². The number of ether oxygens (including phenoxy) is 4. The fraction of sp³-hybridized carbons (Fsp3) is 0.281. The van der Waals surface area contributed by atoms with Gasteiger partial charge in [0, 0.05) is 22.4 Å². The Hall–Kier alpha value is -5.11. The van der Waals surface area contributed by atoms with Crippen molar-refractivity contribution in [1.82, 2.24) is 15.2 Å². The van der Waals surface area contributed by atoms with Crippen LogP contribution in [0.2, 0.25) is 0 Å². The number of nitrogens with one attached hydrogen (secondary N) is 1. The molecule has 5 rings (SSSR count). The highest BCUT2D eigenvalue weighted by atomic mass is 32.2. The minimum atomic E-state index is -3.23. The smallest absolute Gasteiger partial charge is 0.442 e. The Kier molecular flexibility index (Phi) is 8.92. The van der Waals surface area contributed by atoms with E-state index in [0.717, 1.165) is 6.07 Å². The van der Waals surface area contributed by atoms with Crippen LogP contribution >= 0.6 is 0 Å². The van der Waals surface area contributed by atoms with Gasteiger partial charge in [0.1, 0.15) is 24.4 Å². The zero-order valence-corrected chi connectivity index (χ0v) is 26.9. The Morgan fingerprint density at radius 1 is 1.00 bits per heavy atom. The lowest BCUT2D eigenvalue weighted by Gasteiger charge is -2.20. The van der Waals surface area contributed by atoms with Crippen molar-refractivity contribution in [3.8, 4) is 34.4 Å². The van der Waals surface area contributed by atoms with Crippen LogP contribution in [0.1, 0.15) is 42.4 Å². The summed E-state index contributed by atoms with van der Waals surface area (Å²) in [6.45, 7) is 9.09. The largest absolute Gasteiger partial charge is 0.486 e. The summed E-state index contributed by atoms with van der Waals surface area (Å²) >= 11 is 0. The van der Waals surface area contributed by atoms with Crippen molar-refractivity contribution in [2.75, 3.05) is 24.8 Å². The van der Waals surface area contributed by atoms with Gasteiger partial charge in [0.2, 0.25) is 5.95 Å². The van der Waals surface area contributed by atoms with Gasteiger partial charge in [-0.15, -0.1) is 14.6 Å². The maximum atomic E-state index is 13.9. The van der Waals surface area contributed by atoms with Gasteiger partial charge >= 0.3 is 6.09 Å². The molecule has 1 aliphatic heterocycles. The predicted molar refractivity (Wildman–Crippen MR) is 168 cm³/mol. The van der Waals surface area contributed by atoms with Gasteiger partial charge in [-0.1, -0.05) is 6.07 Å². The van der Waals surface area contributed by atoms with Gasteiger partial charge in [0.05, 0.1) is 21.1 Å². The number of aryl methyl sites for hydroxylation is 1. The number of rotatable bonds is 6. The molecule has 3 heterocycles. The topological polar surface area (TPSA) is 151 Å². The summed E-state index contributed by atoms with van der Waals surface area (Å²) in [6.07, 6.45) is 0.339. The number of benzene rings is 2. The number of pyridine rings is 1. The highest BCUT2D eigenvalue weighted by molar-refractivity contribution is 7.93. The van der Waals surface area contributed by atoms with E-state index < -0.39 is 33.3 Å². The summed E-state index contributed by atoms with van der Waals surface area (Å²) in [6, 6.07) is 13.9. The van der Waals surface area contributed by atoms with E-state index in [9.17, 15) is 18.2 Å². The van der Waals surface area contributed by atoms with Gasteiger partial charge in [-0.25, -0.2) is 14.0 Å². The number of carbonyl (C=O) groups is 2. The zero-order chi connectivity index (χ0) is 33.2. The third-order valence-electron chi connectivity index (χ3n) is 6.61. The molecular weight excluding hydrogens is 617 g/mol. The van der Waals surface area contributed by atoms with Gasteiger partial charge in [-0.3, -0.25) is 4.79 Å². The van der Waals surface area contributed by atoms with Crippen molar-refractivity contribution in [3.63, 3.8) is 0 Å². The Morgan fingerprint density at radius 3 is 2.46 bits per heavy atom. The minimum absolute atomic E-state index is 0.0321. The summed E-state index contributed by atoms with van der Waals surface area (Å²) in [5.41, 5.74) is 1.13.